The Hall–Kier alpha value is -0.630. The van der Waals surface area contributed by atoms with Gasteiger partial charge in [0.1, 0.15) is 10.6 Å². The van der Waals surface area contributed by atoms with Crippen LogP contribution in [0.1, 0.15) is 6.92 Å². The molecule has 7 heteroatoms. The van der Waals surface area contributed by atoms with Gasteiger partial charge in [-0.15, -0.1) is 0 Å². The number of benzene rings is 1. The van der Waals surface area contributed by atoms with E-state index in [1.165, 1.54) is 13.2 Å². The van der Waals surface area contributed by atoms with E-state index in [0.717, 1.165) is 0 Å². The van der Waals surface area contributed by atoms with Crippen molar-refractivity contribution < 1.29 is 17.9 Å². The number of ether oxygens (including phenoxy) is 2. The minimum Gasteiger partial charge on any atom is -0.492 e. The third kappa shape index (κ3) is 4.24. The first-order valence-corrected chi connectivity index (χ1v) is 7.70. The normalized spacial score (nSPS) is 11.5. The number of sulfonamides is 1. The van der Waals surface area contributed by atoms with Gasteiger partial charge in [-0.1, -0.05) is 15.9 Å². The van der Waals surface area contributed by atoms with Crippen LogP contribution in [-0.2, 0) is 14.8 Å². The molecular weight excluding hydrogens is 322 g/mol. The predicted molar refractivity (Wildman–Crippen MR) is 72.4 cm³/mol. The number of hydrogen-bond donors (Lipinski definition) is 1. The van der Waals surface area contributed by atoms with Crippen LogP contribution in [0.5, 0.6) is 5.75 Å². The second-order valence-electron chi connectivity index (χ2n) is 3.41. The van der Waals surface area contributed by atoms with Crippen molar-refractivity contribution in [3.63, 3.8) is 0 Å². The molecule has 0 aliphatic carbocycles. The molecule has 0 aliphatic heterocycles. The van der Waals surface area contributed by atoms with E-state index in [1.807, 2.05) is 0 Å². The molecule has 0 saturated carbocycles. The predicted octanol–water partition coefficient (Wildman–Crippen LogP) is 1.77. The first kappa shape index (κ1) is 15.4. The van der Waals surface area contributed by atoms with Crippen molar-refractivity contribution in [1.29, 1.82) is 0 Å². The third-order valence-corrected chi connectivity index (χ3v) is 4.07. The highest BCUT2D eigenvalue weighted by Crippen LogP contribution is 2.27. The molecule has 0 heterocycles. The van der Waals surface area contributed by atoms with Crippen LogP contribution in [0, 0.1) is 0 Å². The molecule has 0 saturated heterocycles. The van der Waals surface area contributed by atoms with Crippen LogP contribution in [0.4, 0.5) is 0 Å². The Bertz CT molecular complexity index is 490. The molecule has 0 atom stereocenters. The van der Waals surface area contributed by atoms with Crippen molar-refractivity contribution >= 4 is 26.0 Å². The molecular formula is C11H16BrNO4S. The van der Waals surface area contributed by atoms with Crippen molar-refractivity contribution in [3.8, 4) is 5.75 Å². The van der Waals surface area contributed by atoms with Gasteiger partial charge in [0.05, 0.1) is 13.2 Å². The van der Waals surface area contributed by atoms with Crippen molar-refractivity contribution in [2.24, 2.45) is 0 Å². The summed E-state index contributed by atoms with van der Waals surface area (Å²) in [4.78, 5) is 0.120. The van der Waals surface area contributed by atoms with Gasteiger partial charge < -0.3 is 9.47 Å². The molecule has 0 radical (unpaired) electrons. The molecule has 1 rings (SSSR count). The van der Waals surface area contributed by atoms with Gasteiger partial charge in [0.25, 0.3) is 0 Å². The topological polar surface area (TPSA) is 64.6 Å². The summed E-state index contributed by atoms with van der Waals surface area (Å²) in [5.41, 5.74) is 0. The Morgan fingerprint density at radius 2 is 2.11 bits per heavy atom. The maximum absolute atomic E-state index is 12.1. The van der Waals surface area contributed by atoms with Gasteiger partial charge in [-0.25, -0.2) is 13.1 Å². The fraction of sp³-hybridized carbons (Fsp3) is 0.455. The van der Waals surface area contributed by atoms with E-state index in [0.29, 0.717) is 23.4 Å². The quantitative estimate of drug-likeness (QED) is 0.770. The standard InChI is InChI=1S/C11H16BrNO4S/c1-3-17-10-5-4-9(12)8-11(10)18(14,15)13-6-7-16-2/h4-5,8,13H,3,6-7H2,1-2H3. The number of halogens is 1. The number of hydrogen-bond acceptors (Lipinski definition) is 4. The summed E-state index contributed by atoms with van der Waals surface area (Å²) in [5, 5.41) is 0. The Labute approximate surface area is 116 Å². The molecule has 0 amide bonds. The van der Waals surface area contributed by atoms with E-state index in [2.05, 4.69) is 20.7 Å². The highest BCUT2D eigenvalue weighted by molar-refractivity contribution is 9.10. The minimum absolute atomic E-state index is 0.120. The van der Waals surface area contributed by atoms with Crippen LogP contribution < -0.4 is 9.46 Å². The zero-order chi connectivity index (χ0) is 13.6. The molecule has 0 aromatic heterocycles. The molecule has 5 nitrogen and oxygen atoms in total. The molecule has 0 spiro atoms. The van der Waals surface area contributed by atoms with Gasteiger partial charge in [-0.3, -0.25) is 0 Å². The highest BCUT2D eigenvalue weighted by atomic mass is 79.9. The third-order valence-electron chi connectivity index (χ3n) is 2.09. The summed E-state index contributed by atoms with van der Waals surface area (Å²) in [6.45, 7) is 2.74. The average molecular weight is 338 g/mol. The monoisotopic (exact) mass is 337 g/mol. The van der Waals surface area contributed by atoms with Crippen LogP contribution in [0.25, 0.3) is 0 Å². The van der Waals surface area contributed by atoms with Gasteiger partial charge in [0.15, 0.2) is 0 Å². The minimum atomic E-state index is -3.59. The fourth-order valence-corrected chi connectivity index (χ4v) is 3.02. The van der Waals surface area contributed by atoms with Gasteiger partial charge >= 0.3 is 0 Å². The fourth-order valence-electron chi connectivity index (χ4n) is 1.32. The Balaban J connectivity index is 3.01. The first-order chi connectivity index (χ1) is 8.51. The maximum Gasteiger partial charge on any atom is 0.244 e. The second kappa shape index (κ2) is 7.08. The van der Waals surface area contributed by atoms with E-state index < -0.39 is 10.0 Å². The number of methoxy groups -OCH3 is 1. The smallest absolute Gasteiger partial charge is 0.244 e. The van der Waals surface area contributed by atoms with E-state index in [1.54, 1.807) is 19.1 Å². The van der Waals surface area contributed by atoms with E-state index in [-0.39, 0.29) is 11.4 Å². The van der Waals surface area contributed by atoms with Crippen LogP contribution in [0.3, 0.4) is 0 Å². The summed E-state index contributed by atoms with van der Waals surface area (Å²) < 4.78 is 37.4. The SMILES string of the molecule is CCOc1ccc(Br)cc1S(=O)(=O)NCCOC. The molecule has 0 bridgehead atoms. The zero-order valence-electron chi connectivity index (χ0n) is 10.3. The van der Waals surface area contributed by atoms with Crippen LogP contribution in [0.2, 0.25) is 0 Å². The van der Waals surface area contributed by atoms with E-state index in [4.69, 9.17) is 9.47 Å². The van der Waals surface area contributed by atoms with Gasteiger partial charge in [0.2, 0.25) is 10.0 Å². The number of nitrogens with one attached hydrogen (secondary N) is 1. The van der Waals surface area contributed by atoms with Crippen LogP contribution >= 0.6 is 15.9 Å². The Morgan fingerprint density at radius 1 is 1.39 bits per heavy atom. The summed E-state index contributed by atoms with van der Waals surface area (Å²) in [5.74, 6) is 0.339. The van der Waals surface area contributed by atoms with Gasteiger partial charge in [0, 0.05) is 18.1 Å². The molecule has 0 aliphatic rings. The van der Waals surface area contributed by atoms with Gasteiger partial charge in [-0.05, 0) is 25.1 Å². The largest absolute Gasteiger partial charge is 0.492 e. The summed E-state index contributed by atoms with van der Waals surface area (Å²) >= 11 is 3.25. The lowest BCUT2D eigenvalue weighted by Gasteiger charge is -2.12. The Morgan fingerprint density at radius 3 is 2.72 bits per heavy atom. The van der Waals surface area contributed by atoms with Crippen molar-refractivity contribution in [2.75, 3.05) is 26.9 Å². The lowest BCUT2D eigenvalue weighted by atomic mass is 10.3. The zero-order valence-corrected chi connectivity index (χ0v) is 12.7. The summed E-state index contributed by atoms with van der Waals surface area (Å²) in [6, 6.07) is 4.87. The first-order valence-electron chi connectivity index (χ1n) is 5.42. The van der Waals surface area contributed by atoms with E-state index >= 15 is 0 Å². The molecule has 18 heavy (non-hydrogen) atoms. The summed E-state index contributed by atoms with van der Waals surface area (Å²) in [6.07, 6.45) is 0. The Kier molecular flexibility index (Phi) is 6.07. The highest BCUT2D eigenvalue weighted by Gasteiger charge is 2.19. The second-order valence-corrected chi connectivity index (χ2v) is 6.07. The van der Waals surface area contributed by atoms with Gasteiger partial charge in [-0.2, -0.15) is 0 Å². The van der Waals surface area contributed by atoms with Crippen molar-refractivity contribution in [1.82, 2.24) is 4.72 Å². The molecule has 1 aromatic rings. The van der Waals surface area contributed by atoms with Crippen LogP contribution in [-0.4, -0.2) is 35.3 Å². The number of rotatable bonds is 7. The lowest BCUT2D eigenvalue weighted by molar-refractivity contribution is 0.204. The van der Waals surface area contributed by atoms with E-state index in [9.17, 15) is 8.42 Å². The molecule has 102 valence electrons. The molecule has 0 fully saturated rings. The average Bonchev–Trinajstić information content (AvgIpc) is 2.32. The molecule has 1 N–H and O–H groups in total. The summed E-state index contributed by atoms with van der Waals surface area (Å²) in [7, 11) is -2.08. The van der Waals surface area contributed by atoms with Crippen molar-refractivity contribution in [2.45, 2.75) is 11.8 Å². The van der Waals surface area contributed by atoms with Crippen molar-refractivity contribution in [3.05, 3.63) is 22.7 Å². The maximum atomic E-state index is 12.1. The molecule has 1 aromatic carbocycles. The van der Waals surface area contributed by atoms with Crippen LogP contribution in [0.15, 0.2) is 27.6 Å². The lowest BCUT2D eigenvalue weighted by Crippen LogP contribution is -2.27. The molecule has 0 unspecified atom stereocenters.